The van der Waals surface area contributed by atoms with Crippen molar-refractivity contribution < 1.29 is 0 Å². The molecule has 0 aliphatic heterocycles. The van der Waals surface area contributed by atoms with Crippen LogP contribution in [0.25, 0.3) is 5.69 Å². The van der Waals surface area contributed by atoms with E-state index in [-0.39, 0.29) is 0 Å². The van der Waals surface area contributed by atoms with Crippen LogP contribution in [-0.2, 0) is 6.54 Å². The highest BCUT2D eigenvalue weighted by atomic mass is 15.3. The smallest absolute Gasteiger partial charge is 0.0659 e. The summed E-state index contributed by atoms with van der Waals surface area (Å²) in [5, 5.41) is 8.12. The lowest BCUT2D eigenvalue weighted by atomic mass is 10.2. The van der Waals surface area contributed by atoms with Crippen molar-refractivity contribution in [3.63, 3.8) is 0 Å². The molecule has 0 bridgehead atoms. The average molecular weight is 255 g/mol. The topological polar surface area (TPSA) is 29.9 Å². The zero-order valence-corrected chi connectivity index (χ0v) is 11.6. The number of aromatic nitrogens is 2. The van der Waals surface area contributed by atoms with E-state index in [1.807, 2.05) is 4.68 Å². The van der Waals surface area contributed by atoms with Crippen LogP contribution in [0.3, 0.4) is 0 Å². The Morgan fingerprint density at radius 3 is 2.89 bits per heavy atom. The molecule has 3 heteroatoms. The van der Waals surface area contributed by atoms with Gasteiger partial charge < -0.3 is 5.32 Å². The molecule has 1 aliphatic rings. The van der Waals surface area contributed by atoms with Crippen LogP contribution in [-0.4, -0.2) is 15.8 Å². The summed E-state index contributed by atoms with van der Waals surface area (Å²) in [6.45, 7) is 5.24. The molecule has 1 N–H and O–H groups in total. The fraction of sp³-hybridized carbons (Fsp3) is 0.438. The lowest BCUT2D eigenvalue weighted by Gasteiger charge is -2.09. The Hall–Kier alpha value is -1.61. The Morgan fingerprint density at radius 2 is 2.16 bits per heavy atom. The largest absolute Gasteiger partial charge is 0.310 e. The molecule has 0 spiro atoms. The molecule has 3 nitrogen and oxygen atoms in total. The van der Waals surface area contributed by atoms with Gasteiger partial charge in [-0.25, -0.2) is 4.68 Å². The number of nitrogens with zero attached hydrogens (tertiary/aromatic N) is 2. The van der Waals surface area contributed by atoms with Crippen molar-refractivity contribution in [1.29, 1.82) is 0 Å². The Labute approximate surface area is 114 Å². The molecule has 100 valence electrons. The Bertz CT molecular complexity index is 553. The second-order valence-electron chi connectivity index (χ2n) is 5.66. The van der Waals surface area contributed by atoms with E-state index in [4.69, 9.17) is 0 Å². The first-order valence-electron chi connectivity index (χ1n) is 7.10. The minimum atomic E-state index is 0.509. The number of hydrogen-bond acceptors (Lipinski definition) is 2. The Balaban J connectivity index is 1.77. The predicted octanol–water partition coefficient (Wildman–Crippen LogP) is 3.25. The molecular formula is C16H21N3. The first kappa shape index (κ1) is 12.4. The van der Waals surface area contributed by atoms with Gasteiger partial charge in [0.1, 0.15) is 0 Å². The summed E-state index contributed by atoms with van der Waals surface area (Å²) < 4.78 is 1.99. The molecule has 19 heavy (non-hydrogen) atoms. The third-order valence-corrected chi connectivity index (χ3v) is 3.49. The summed E-state index contributed by atoms with van der Waals surface area (Å²) >= 11 is 0. The predicted molar refractivity (Wildman–Crippen MR) is 77.5 cm³/mol. The van der Waals surface area contributed by atoms with Gasteiger partial charge in [0, 0.05) is 24.7 Å². The first-order valence-corrected chi connectivity index (χ1v) is 7.10. The molecule has 0 saturated heterocycles. The first-order chi connectivity index (χ1) is 9.22. The van der Waals surface area contributed by atoms with Gasteiger partial charge in [-0.2, -0.15) is 5.10 Å². The Kier molecular flexibility index (Phi) is 3.38. The van der Waals surface area contributed by atoms with Gasteiger partial charge in [0.05, 0.1) is 11.4 Å². The van der Waals surface area contributed by atoms with Gasteiger partial charge >= 0.3 is 0 Å². The van der Waals surface area contributed by atoms with Crippen LogP contribution >= 0.6 is 0 Å². The molecule has 1 heterocycles. The molecule has 0 amide bonds. The number of benzene rings is 1. The third kappa shape index (κ3) is 3.04. The van der Waals surface area contributed by atoms with E-state index in [1.54, 1.807) is 0 Å². The fourth-order valence-corrected chi connectivity index (χ4v) is 2.21. The zero-order chi connectivity index (χ0) is 13.2. The van der Waals surface area contributed by atoms with Crippen molar-refractivity contribution in [2.24, 2.45) is 0 Å². The van der Waals surface area contributed by atoms with E-state index in [0.717, 1.165) is 12.2 Å². The van der Waals surface area contributed by atoms with Gasteiger partial charge in [-0.3, -0.25) is 0 Å². The van der Waals surface area contributed by atoms with E-state index < -0.39 is 0 Å². The molecule has 1 aromatic heterocycles. The maximum atomic E-state index is 4.68. The molecule has 1 aliphatic carbocycles. The van der Waals surface area contributed by atoms with Gasteiger partial charge in [0.25, 0.3) is 0 Å². The molecule has 1 saturated carbocycles. The number of rotatable bonds is 5. The second kappa shape index (κ2) is 5.17. The van der Waals surface area contributed by atoms with Crippen molar-refractivity contribution in [2.75, 3.05) is 0 Å². The summed E-state index contributed by atoms with van der Waals surface area (Å²) in [6.07, 6.45) is 4.67. The van der Waals surface area contributed by atoms with Crippen molar-refractivity contribution in [2.45, 2.75) is 45.2 Å². The van der Waals surface area contributed by atoms with Gasteiger partial charge in [-0.05, 0) is 36.6 Å². The average Bonchev–Trinajstić information content (AvgIpc) is 3.14. The van der Waals surface area contributed by atoms with Gasteiger partial charge in [-0.1, -0.05) is 26.0 Å². The lowest BCUT2D eigenvalue weighted by Crippen LogP contribution is -2.21. The lowest BCUT2D eigenvalue weighted by molar-refractivity contribution is 0.588. The fourth-order valence-electron chi connectivity index (χ4n) is 2.21. The summed E-state index contributed by atoms with van der Waals surface area (Å²) in [4.78, 5) is 0. The van der Waals surface area contributed by atoms with E-state index in [2.05, 4.69) is 60.8 Å². The summed E-state index contributed by atoms with van der Waals surface area (Å²) in [6, 6.07) is 11.2. The molecule has 1 fully saturated rings. The maximum Gasteiger partial charge on any atom is 0.0659 e. The zero-order valence-electron chi connectivity index (χ0n) is 11.6. The number of nitrogens with one attached hydrogen (secondary N) is 1. The third-order valence-electron chi connectivity index (χ3n) is 3.49. The summed E-state index contributed by atoms with van der Waals surface area (Å²) in [5.41, 5.74) is 3.69. The van der Waals surface area contributed by atoms with Crippen LogP contribution in [0.15, 0.2) is 36.5 Å². The van der Waals surface area contributed by atoms with Crippen LogP contribution in [0.5, 0.6) is 0 Å². The quantitative estimate of drug-likeness (QED) is 0.889. The monoisotopic (exact) mass is 255 g/mol. The Morgan fingerprint density at radius 1 is 1.32 bits per heavy atom. The molecule has 0 atom stereocenters. The van der Waals surface area contributed by atoms with Crippen LogP contribution in [0, 0.1) is 0 Å². The van der Waals surface area contributed by atoms with Crippen LogP contribution in [0.2, 0.25) is 0 Å². The minimum Gasteiger partial charge on any atom is -0.310 e. The molecule has 0 radical (unpaired) electrons. The van der Waals surface area contributed by atoms with Crippen molar-refractivity contribution in [3.05, 3.63) is 47.8 Å². The second-order valence-corrected chi connectivity index (χ2v) is 5.66. The molecule has 0 unspecified atom stereocenters. The summed E-state index contributed by atoms with van der Waals surface area (Å²) in [7, 11) is 0. The van der Waals surface area contributed by atoms with Crippen molar-refractivity contribution >= 4 is 0 Å². The molecular weight excluding hydrogens is 234 g/mol. The van der Waals surface area contributed by atoms with Gasteiger partial charge in [0.15, 0.2) is 0 Å². The minimum absolute atomic E-state index is 0.509. The molecule has 3 rings (SSSR count). The highest BCUT2D eigenvalue weighted by Crippen LogP contribution is 2.39. The van der Waals surface area contributed by atoms with E-state index in [0.29, 0.717) is 12.0 Å². The van der Waals surface area contributed by atoms with Gasteiger partial charge in [0.2, 0.25) is 0 Å². The standard InChI is InChI=1S/C16H21N3/c1-12(2)17-11-13-4-3-5-15(10-13)19-9-8-16(18-19)14-6-7-14/h3-5,8-10,12,14,17H,6-7,11H2,1-2H3. The maximum absolute atomic E-state index is 4.68. The van der Waals surface area contributed by atoms with Crippen LogP contribution in [0.1, 0.15) is 43.9 Å². The van der Waals surface area contributed by atoms with Crippen LogP contribution in [0.4, 0.5) is 0 Å². The summed E-state index contributed by atoms with van der Waals surface area (Å²) in [5.74, 6) is 0.715. The molecule has 1 aromatic carbocycles. The van der Waals surface area contributed by atoms with E-state index in [9.17, 15) is 0 Å². The van der Waals surface area contributed by atoms with Crippen molar-refractivity contribution in [3.8, 4) is 5.69 Å². The van der Waals surface area contributed by atoms with E-state index in [1.165, 1.54) is 24.1 Å². The van der Waals surface area contributed by atoms with Gasteiger partial charge in [-0.15, -0.1) is 0 Å². The molecule has 2 aromatic rings. The highest BCUT2D eigenvalue weighted by molar-refractivity contribution is 5.35. The van der Waals surface area contributed by atoms with Crippen LogP contribution < -0.4 is 5.32 Å². The highest BCUT2D eigenvalue weighted by Gasteiger charge is 2.25. The van der Waals surface area contributed by atoms with E-state index >= 15 is 0 Å². The number of hydrogen-bond donors (Lipinski definition) is 1. The normalized spacial score (nSPS) is 15.1. The van der Waals surface area contributed by atoms with Crippen molar-refractivity contribution in [1.82, 2.24) is 15.1 Å². The SMILES string of the molecule is CC(C)NCc1cccc(-n2ccc(C3CC3)n2)c1.